The second kappa shape index (κ2) is 5.85. The van der Waals surface area contributed by atoms with Gasteiger partial charge in [-0.2, -0.15) is 4.31 Å². The number of pyridine rings is 1. The molecule has 8 nitrogen and oxygen atoms in total. The summed E-state index contributed by atoms with van der Waals surface area (Å²) >= 11 is 0. The van der Waals surface area contributed by atoms with Crippen LogP contribution in [0, 0.1) is 0 Å². The third kappa shape index (κ3) is 2.85. The maximum absolute atomic E-state index is 12.5. The van der Waals surface area contributed by atoms with Crippen LogP contribution in [0.4, 0.5) is 5.95 Å². The van der Waals surface area contributed by atoms with E-state index in [9.17, 15) is 13.2 Å². The Morgan fingerprint density at radius 3 is 2.32 bits per heavy atom. The molecule has 1 aliphatic heterocycles. The third-order valence-corrected chi connectivity index (χ3v) is 5.36. The Balaban J connectivity index is 1.73. The minimum Gasteiger partial charge on any atom is -0.338 e. The zero-order valence-corrected chi connectivity index (χ0v) is 12.5. The summed E-state index contributed by atoms with van der Waals surface area (Å²) in [6.45, 7) is 1.73. The van der Waals surface area contributed by atoms with Crippen molar-refractivity contribution >= 4 is 16.0 Å². The summed E-state index contributed by atoms with van der Waals surface area (Å²) in [5.74, 6) is 0.601. The van der Waals surface area contributed by atoms with E-state index in [4.69, 9.17) is 0 Å². The van der Waals surface area contributed by atoms with Crippen molar-refractivity contribution in [3.05, 3.63) is 47.1 Å². The number of aromatic nitrogens is 3. The van der Waals surface area contributed by atoms with E-state index in [0.717, 1.165) is 0 Å². The van der Waals surface area contributed by atoms with Crippen LogP contribution in [0.3, 0.4) is 0 Å². The molecule has 3 rings (SSSR count). The zero-order chi connectivity index (χ0) is 15.6. The van der Waals surface area contributed by atoms with Crippen molar-refractivity contribution in [1.29, 1.82) is 0 Å². The van der Waals surface area contributed by atoms with Gasteiger partial charge in [0.1, 0.15) is 0 Å². The van der Waals surface area contributed by atoms with Crippen molar-refractivity contribution in [2.24, 2.45) is 0 Å². The second-order valence-corrected chi connectivity index (χ2v) is 6.77. The van der Waals surface area contributed by atoms with Crippen molar-refractivity contribution in [3.8, 4) is 0 Å². The van der Waals surface area contributed by atoms with E-state index >= 15 is 0 Å². The molecule has 0 atom stereocenters. The van der Waals surface area contributed by atoms with Gasteiger partial charge in [-0.05, 0) is 12.1 Å². The normalized spacial score (nSPS) is 16.6. The molecule has 0 radical (unpaired) electrons. The number of nitrogens with zero attached hydrogens (tertiary/aromatic N) is 4. The molecule has 0 aliphatic carbocycles. The van der Waals surface area contributed by atoms with Crippen molar-refractivity contribution in [2.75, 3.05) is 31.1 Å². The standard InChI is InChI=1S/C13H15N5O3S/c19-12-3-2-11(10-16-12)22(20,21)18-8-6-17(7-9-18)13-14-4-1-5-15-13/h1-5,10H,6-9H2,(H,16,19). The van der Waals surface area contributed by atoms with Crippen LogP contribution in [0.1, 0.15) is 0 Å². The Morgan fingerprint density at radius 1 is 1.05 bits per heavy atom. The van der Waals surface area contributed by atoms with Gasteiger partial charge in [-0.1, -0.05) is 0 Å². The van der Waals surface area contributed by atoms with E-state index in [1.807, 2.05) is 4.90 Å². The first-order valence-corrected chi connectivity index (χ1v) is 8.22. The van der Waals surface area contributed by atoms with Gasteiger partial charge in [0, 0.05) is 50.8 Å². The van der Waals surface area contributed by atoms with E-state index in [1.54, 1.807) is 18.5 Å². The van der Waals surface area contributed by atoms with Crippen molar-refractivity contribution < 1.29 is 8.42 Å². The van der Waals surface area contributed by atoms with Gasteiger partial charge in [0.2, 0.25) is 21.5 Å². The fourth-order valence-electron chi connectivity index (χ4n) is 2.29. The number of nitrogens with one attached hydrogen (secondary N) is 1. The smallest absolute Gasteiger partial charge is 0.247 e. The lowest BCUT2D eigenvalue weighted by Gasteiger charge is -2.33. The maximum atomic E-state index is 12.5. The highest BCUT2D eigenvalue weighted by Crippen LogP contribution is 2.17. The fourth-order valence-corrected chi connectivity index (χ4v) is 3.68. The van der Waals surface area contributed by atoms with Gasteiger partial charge in [0.15, 0.2) is 0 Å². The molecular weight excluding hydrogens is 306 g/mol. The number of aromatic amines is 1. The molecule has 116 valence electrons. The molecule has 3 heterocycles. The number of hydrogen-bond donors (Lipinski definition) is 1. The Hall–Kier alpha value is -2.26. The molecular formula is C13H15N5O3S. The van der Waals surface area contributed by atoms with Crippen molar-refractivity contribution in [2.45, 2.75) is 4.90 Å². The van der Waals surface area contributed by atoms with Crippen LogP contribution in [0.5, 0.6) is 0 Å². The molecule has 1 aliphatic rings. The van der Waals surface area contributed by atoms with E-state index in [2.05, 4.69) is 15.0 Å². The Morgan fingerprint density at radius 2 is 1.73 bits per heavy atom. The Kier molecular flexibility index (Phi) is 3.90. The molecule has 1 saturated heterocycles. The summed E-state index contributed by atoms with van der Waals surface area (Å²) < 4.78 is 26.4. The molecule has 2 aromatic heterocycles. The van der Waals surface area contributed by atoms with Gasteiger partial charge in [-0.15, -0.1) is 0 Å². The molecule has 9 heteroatoms. The van der Waals surface area contributed by atoms with Crippen molar-refractivity contribution in [1.82, 2.24) is 19.3 Å². The van der Waals surface area contributed by atoms with Crippen LogP contribution in [0.25, 0.3) is 0 Å². The predicted octanol–water partition coefficient (Wildman–Crippen LogP) is -0.324. The monoisotopic (exact) mass is 321 g/mol. The van der Waals surface area contributed by atoms with Gasteiger partial charge < -0.3 is 9.88 Å². The molecule has 2 aromatic rings. The molecule has 0 aromatic carbocycles. The largest absolute Gasteiger partial charge is 0.338 e. The molecule has 0 amide bonds. The minimum atomic E-state index is -3.59. The molecule has 1 N–H and O–H groups in total. The van der Waals surface area contributed by atoms with Gasteiger partial charge in [0.25, 0.3) is 0 Å². The maximum Gasteiger partial charge on any atom is 0.247 e. The minimum absolute atomic E-state index is 0.0940. The second-order valence-electron chi connectivity index (χ2n) is 4.83. The van der Waals surface area contributed by atoms with E-state index < -0.39 is 10.0 Å². The average molecular weight is 321 g/mol. The summed E-state index contributed by atoms with van der Waals surface area (Å²) in [7, 11) is -3.59. The highest BCUT2D eigenvalue weighted by Gasteiger charge is 2.29. The van der Waals surface area contributed by atoms with Gasteiger partial charge in [-0.3, -0.25) is 4.79 Å². The first kappa shape index (κ1) is 14.7. The number of rotatable bonds is 3. The summed E-state index contributed by atoms with van der Waals surface area (Å²) in [5, 5.41) is 0. The molecule has 22 heavy (non-hydrogen) atoms. The quantitative estimate of drug-likeness (QED) is 0.831. The number of H-pyrrole nitrogens is 1. The Bertz CT molecular complexity index is 777. The molecule has 0 unspecified atom stereocenters. The topological polar surface area (TPSA) is 99.3 Å². The van der Waals surface area contributed by atoms with Gasteiger partial charge in [0.05, 0.1) is 4.90 Å². The highest BCUT2D eigenvalue weighted by atomic mass is 32.2. The molecule has 0 bridgehead atoms. The molecule has 0 spiro atoms. The summed E-state index contributed by atoms with van der Waals surface area (Å²) in [6, 6.07) is 4.27. The van der Waals surface area contributed by atoms with Crippen LogP contribution in [0.2, 0.25) is 0 Å². The number of anilines is 1. The summed E-state index contributed by atoms with van der Waals surface area (Å²) in [4.78, 5) is 23.8. The third-order valence-electron chi connectivity index (χ3n) is 3.47. The number of piperazine rings is 1. The average Bonchev–Trinajstić information content (AvgIpc) is 2.56. The number of hydrogen-bond acceptors (Lipinski definition) is 6. The highest BCUT2D eigenvalue weighted by molar-refractivity contribution is 7.89. The predicted molar refractivity (Wildman–Crippen MR) is 80.1 cm³/mol. The number of sulfonamides is 1. The van der Waals surface area contributed by atoms with Crippen LogP contribution < -0.4 is 10.5 Å². The lowest BCUT2D eigenvalue weighted by atomic mass is 10.4. The zero-order valence-electron chi connectivity index (χ0n) is 11.7. The first-order chi connectivity index (χ1) is 10.6. The van der Waals surface area contributed by atoms with Crippen LogP contribution in [-0.2, 0) is 10.0 Å². The van der Waals surface area contributed by atoms with Crippen LogP contribution >= 0.6 is 0 Å². The van der Waals surface area contributed by atoms with E-state index in [0.29, 0.717) is 32.1 Å². The lowest BCUT2D eigenvalue weighted by Crippen LogP contribution is -2.49. The Labute approximate surface area is 127 Å². The lowest BCUT2D eigenvalue weighted by molar-refractivity contribution is 0.382. The van der Waals surface area contributed by atoms with Gasteiger partial charge in [-0.25, -0.2) is 18.4 Å². The molecule has 0 saturated carbocycles. The van der Waals surface area contributed by atoms with E-state index in [-0.39, 0.29) is 10.5 Å². The van der Waals surface area contributed by atoms with Crippen LogP contribution in [0.15, 0.2) is 46.5 Å². The summed E-state index contributed by atoms with van der Waals surface area (Å²) in [5.41, 5.74) is -0.329. The SMILES string of the molecule is O=c1ccc(S(=O)(=O)N2CCN(c3ncccn3)CC2)c[nH]1. The summed E-state index contributed by atoms with van der Waals surface area (Å²) in [6.07, 6.45) is 4.54. The molecule has 1 fully saturated rings. The van der Waals surface area contributed by atoms with Crippen molar-refractivity contribution in [3.63, 3.8) is 0 Å². The first-order valence-electron chi connectivity index (χ1n) is 6.78. The fraction of sp³-hybridized carbons (Fsp3) is 0.308. The van der Waals surface area contributed by atoms with Crippen LogP contribution in [-0.4, -0.2) is 53.9 Å². The van der Waals surface area contributed by atoms with E-state index in [1.165, 1.54) is 22.6 Å². The van der Waals surface area contributed by atoms with Gasteiger partial charge >= 0.3 is 0 Å².